The molecule has 0 aliphatic carbocycles. The van der Waals surface area contributed by atoms with Crippen molar-refractivity contribution < 1.29 is 64.7 Å². The average molecular weight is 136 g/mol. The van der Waals surface area contributed by atoms with Gasteiger partial charge in [-0.3, -0.25) is 0 Å². The molecule has 0 fully saturated rings. The Labute approximate surface area is 82.0 Å². The Hall–Kier alpha value is 1.71. The molecule has 0 radical (unpaired) electrons. The second-order valence-electron chi connectivity index (χ2n) is 0.235. The number of rotatable bonds is 0. The van der Waals surface area contributed by atoms with Gasteiger partial charge in [0.25, 0.3) is 0 Å². The molecular formula is CH5KO3S. The molecule has 1 atom stereocenters. The van der Waals surface area contributed by atoms with E-state index in [1.807, 2.05) is 0 Å². The summed E-state index contributed by atoms with van der Waals surface area (Å²) in [6.07, 6.45) is 0. The van der Waals surface area contributed by atoms with E-state index in [0.717, 1.165) is 0 Å². The fourth-order valence-electron chi connectivity index (χ4n) is 0. The predicted octanol–water partition coefficient (Wildman–Crippen LogP) is -4.04. The van der Waals surface area contributed by atoms with Crippen molar-refractivity contribution in [2.75, 3.05) is 0 Å². The fraction of sp³-hybridized carbons (Fsp3) is 0. The van der Waals surface area contributed by atoms with E-state index in [4.69, 9.17) is 13.3 Å². The van der Waals surface area contributed by atoms with Gasteiger partial charge in [-0.2, -0.15) is 4.21 Å². The van der Waals surface area contributed by atoms with Gasteiger partial charge < -0.3 is 16.5 Å². The van der Waals surface area contributed by atoms with E-state index < -0.39 is 11.4 Å². The van der Waals surface area contributed by atoms with Crippen LogP contribution in [0.2, 0.25) is 0 Å². The fourth-order valence-corrected chi connectivity index (χ4v) is 0. The minimum Gasteiger partial charge on any atom is -0.706 e. The Morgan fingerprint density at radius 1 is 1.67 bits per heavy atom. The zero-order chi connectivity index (χ0) is 3.58. The summed E-state index contributed by atoms with van der Waals surface area (Å²) >= 11 is -2.61. The SMILES string of the molecule is O=S([O-])[OH2+].[CH3-].[K+]. The molecule has 5 heteroatoms. The Balaban J connectivity index is -0.0000000450. The molecule has 3 nitrogen and oxygen atoms in total. The number of hydrogen-bond acceptors (Lipinski definition) is 2. The first-order valence-corrected chi connectivity index (χ1v) is 1.61. The van der Waals surface area contributed by atoms with Gasteiger partial charge in [-0.1, -0.05) is 0 Å². The third-order valence-corrected chi connectivity index (χ3v) is 0. The topological polar surface area (TPSA) is 63.0 Å². The molecule has 0 heterocycles. The molecule has 0 aromatic heterocycles. The number of hydrogen-bond donors (Lipinski definition) is 0. The van der Waals surface area contributed by atoms with Gasteiger partial charge in [-0.05, 0) is 0 Å². The zero-order valence-corrected chi connectivity index (χ0v) is 7.66. The van der Waals surface area contributed by atoms with E-state index in [-0.39, 0.29) is 58.8 Å². The molecule has 0 rings (SSSR count). The Bertz CT molecular complexity index is 33.8. The molecule has 0 aliphatic rings. The third kappa shape index (κ3) is 43.4. The summed E-state index contributed by atoms with van der Waals surface area (Å²) in [6.45, 7) is 0. The molecular weight excluding hydrogens is 131 g/mol. The zero-order valence-electron chi connectivity index (χ0n) is 3.72. The van der Waals surface area contributed by atoms with Gasteiger partial charge in [0.05, 0.1) is 0 Å². The molecule has 34 valence electrons. The van der Waals surface area contributed by atoms with Crippen LogP contribution in [0, 0.1) is 7.43 Å². The summed E-state index contributed by atoms with van der Waals surface area (Å²) in [7, 11) is 0. The van der Waals surface area contributed by atoms with E-state index in [1.165, 1.54) is 0 Å². The molecule has 0 spiro atoms. The third-order valence-electron chi connectivity index (χ3n) is 0. The van der Waals surface area contributed by atoms with Gasteiger partial charge in [0.1, 0.15) is 0 Å². The van der Waals surface area contributed by atoms with E-state index in [9.17, 15) is 0 Å². The first-order chi connectivity index (χ1) is 1.73. The quantitative estimate of drug-likeness (QED) is 0.147. The smallest absolute Gasteiger partial charge is 0.706 e. The summed E-state index contributed by atoms with van der Waals surface area (Å²) in [6, 6.07) is 0. The predicted molar refractivity (Wildman–Crippen MR) is 18.9 cm³/mol. The molecule has 0 aromatic rings. The van der Waals surface area contributed by atoms with Crippen molar-refractivity contribution in [3.05, 3.63) is 7.43 Å². The van der Waals surface area contributed by atoms with Gasteiger partial charge in [0.2, 0.25) is 11.4 Å². The van der Waals surface area contributed by atoms with Crippen molar-refractivity contribution in [1.29, 1.82) is 0 Å². The van der Waals surface area contributed by atoms with Crippen LogP contribution in [0.15, 0.2) is 0 Å². The van der Waals surface area contributed by atoms with Gasteiger partial charge in [0.15, 0.2) is 0 Å². The summed E-state index contributed by atoms with van der Waals surface area (Å²) in [4.78, 5) is 0. The normalized spacial score (nSPS) is 10.3. The molecule has 1 unspecified atom stereocenters. The molecule has 2 N–H and O–H groups in total. The summed E-state index contributed by atoms with van der Waals surface area (Å²) in [5, 5.41) is 0. The van der Waals surface area contributed by atoms with Crippen LogP contribution < -0.4 is 51.4 Å². The second kappa shape index (κ2) is 9.86. The van der Waals surface area contributed by atoms with Crippen LogP contribution >= 0.6 is 0 Å². The van der Waals surface area contributed by atoms with Crippen LogP contribution in [-0.4, -0.2) is 13.3 Å². The van der Waals surface area contributed by atoms with Crippen LogP contribution in [-0.2, 0) is 11.4 Å². The van der Waals surface area contributed by atoms with E-state index in [1.54, 1.807) is 0 Å². The van der Waals surface area contributed by atoms with Crippen molar-refractivity contribution in [3.63, 3.8) is 0 Å². The monoisotopic (exact) mass is 136 g/mol. The van der Waals surface area contributed by atoms with Gasteiger partial charge >= 0.3 is 51.4 Å². The van der Waals surface area contributed by atoms with Gasteiger partial charge in [0, 0.05) is 0 Å². The van der Waals surface area contributed by atoms with Crippen LogP contribution in [0.3, 0.4) is 0 Å². The second-order valence-corrected chi connectivity index (χ2v) is 0.704. The van der Waals surface area contributed by atoms with Gasteiger partial charge in [-0.15, -0.1) is 0 Å². The molecule has 6 heavy (non-hydrogen) atoms. The van der Waals surface area contributed by atoms with E-state index >= 15 is 0 Å². The molecule has 0 saturated heterocycles. The minimum absolute atomic E-state index is 0. The largest absolute Gasteiger partial charge is 1.00 e. The summed E-state index contributed by atoms with van der Waals surface area (Å²) in [5.74, 6) is 0. The van der Waals surface area contributed by atoms with Crippen molar-refractivity contribution in [2.24, 2.45) is 0 Å². The molecule has 0 amide bonds. The molecule has 0 aliphatic heterocycles. The minimum atomic E-state index is -2.61. The Morgan fingerprint density at radius 3 is 1.67 bits per heavy atom. The van der Waals surface area contributed by atoms with Crippen LogP contribution in [0.5, 0.6) is 0 Å². The maximum Gasteiger partial charge on any atom is 1.00 e. The van der Waals surface area contributed by atoms with Crippen LogP contribution in [0.25, 0.3) is 0 Å². The first-order valence-electron chi connectivity index (χ1n) is 0.537. The maximum absolute atomic E-state index is 8.67. The Kier molecular flexibility index (Phi) is 25.7. The van der Waals surface area contributed by atoms with Crippen LogP contribution in [0.1, 0.15) is 0 Å². The standard InChI is InChI=1S/CH3.K.H2O3S/c;;1-4(2)3/h1H3;;(H2,1,2,3)/q-1;+1;. The van der Waals surface area contributed by atoms with Crippen molar-refractivity contribution >= 4 is 11.4 Å². The summed E-state index contributed by atoms with van der Waals surface area (Å²) in [5.41, 5.74) is 0. The van der Waals surface area contributed by atoms with Crippen molar-refractivity contribution in [1.82, 2.24) is 0 Å². The van der Waals surface area contributed by atoms with E-state index in [2.05, 4.69) is 0 Å². The van der Waals surface area contributed by atoms with Crippen LogP contribution in [0.4, 0.5) is 0 Å². The average Bonchev–Trinajstić information content (AvgIpc) is 0.811. The molecule has 0 saturated carbocycles. The van der Waals surface area contributed by atoms with E-state index in [0.29, 0.717) is 0 Å². The maximum atomic E-state index is 8.67. The van der Waals surface area contributed by atoms with Crippen molar-refractivity contribution in [2.45, 2.75) is 0 Å². The van der Waals surface area contributed by atoms with Gasteiger partial charge in [-0.25, -0.2) is 0 Å². The first kappa shape index (κ1) is 15.6. The summed E-state index contributed by atoms with van der Waals surface area (Å²) < 4.78 is 22.8. The van der Waals surface area contributed by atoms with Crippen molar-refractivity contribution in [3.8, 4) is 0 Å². The molecule has 0 aromatic carbocycles. The Morgan fingerprint density at radius 2 is 1.67 bits per heavy atom. The molecule has 0 bridgehead atoms.